The minimum absolute atomic E-state index is 0.225. The molecule has 0 aliphatic carbocycles. The van der Waals surface area contributed by atoms with Crippen molar-refractivity contribution in [1.29, 1.82) is 0 Å². The van der Waals surface area contributed by atoms with E-state index in [1.54, 1.807) is 0 Å². The van der Waals surface area contributed by atoms with E-state index in [1.165, 1.54) is 14.2 Å². The molecule has 6 heteroatoms. The zero-order valence-electron chi connectivity index (χ0n) is 10.8. The van der Waals surface area contributed by atoms with E-state index < -0.39 is 0 Å². The maximum absolute atomic E-state index is 5.02. The van der Waals surface area contributed by atoms with Gasteiger partial charge in [-0.25, -0.2) is 4.57 Å². The fourth-order valence-electron chi connectivity index (χ4n) is 1.65. The minimum atomic E-state index is 0.225. The first-order chi connectivity index (χ1) is 8.62. The number of hydrogen-bond acceptors (Lipinski definition) is 5. The molecule has 0 radical (unpaired) electrons. The molecule has 94 valence electrons. The van der Waals surface area contributed by atoms with E-state index in [0.717, 1.165) is 11.1 Å². The minimum Gasteiger partial charge on any atom is -0.454 e. The Labute approximate surface area is 105 Å². The molecule has 0 spiro atoms. The summed E-state index contributed by atoms with van der Waals surface area (Å²) in [5, 5.41) is 0. The Bertz CT molecular complexity index is 529. The van der Waals surface area contributed by atoms with Crippen molar-refractivity contribution in [3.63, 3.8) is 0 Å². The van der Waals surface area contributed by atoms with E-state index >= 15 is 0 Å². The van der Waals surface area contributed by atoms with Crippen LogP contribution in [0.4, 0.5) is 0 Å². The Kier molecular flexibility index (Phi) is 3.36. The molecule has 6 nitrogen and oxygen atoms in total. The molecule has 0 aliphatic heterocycles. The van der Waals surface area contributed by atoms with Gasteiger partial charge in [0.2, 0.25) is 0 Å². The van der Waals surface area contributed by atoms with Crippen molar-refractivity contribution < 1.29 is 14.0 Å². The van der Waals surface area contributed by atoms with Gasteiger partial charge < -0.3 is 9.47 Å². The SMILES string of the molecule is COc1nc(OC)nc(-[n+]2cc(C)cc(C)c2)n1. The van der Waals surface area contributed by atoms with E-state index in [0.29, 0.717) is 5.95 Å². The van der Waals surface area contributed by atoms with E-state index in [4.69, 9.17) is 9.47 Å². The van der Waals surface area contributed by atoms with Crippen molar-refractivity contribution in [3.05, 3.63) is 29.6 Å². The normalized spacial score (nSPS) is 10.2. The molecule has 0 amide bonds. The lowest BCUT2D eigenvalue weighted by atomic mass is 10.2. The van der Waals surface area contributed by atoms with Gasteiger partial charge in [-0.05, 0) is 34.9 Å². The van der Waals surface area contributed by atoms with E-state index in [2.05, 4.69) is 21.0 Å². The van der Waals surface area contributed by atoms with Crippen LogP contribution in [0.2, 0.25) is 0 Å². The van der Waals surface area contributed by atoms with Crippen LogP contribution in [-0.2, 0) is 0 Å². The van der Waals surface area contributed by atoms with Gasteiger partial charge in [0.25, 0.3) is 0 Å². The number of rotatable bonds is 3. The Morgan fingerprint density at radius 3 is 1.83 bits per heavy atom. The van der Waals surface area contributed by atoms with Gasteiger partial charge in [0.1, 0.15) is 0 Å². The van der Waals surface area contributed by atoms with Crippen LogP contribution in [0.1, 0.15) is 11.1 Å². The molecule has 2 heterocycles. The van der Waals surface area contributed by atoms with Crippen LogP contribution < -0.4 is 14.0 Å². The molecule has 18 heavy (non-hydrogen) atoms. The second-order valence-corrected chi connectivity index (χ2v) is 3.91. The van der Waals surface area contributed by atoms with Crippen molar-refractivity contribution in [1.82, 2.24) is 15.0 Å². The molecule has 0 saturated heterocycles. The van der Waals surface area contributed by atoms with Gasteiger partial charge in [-0.3, -0.25) is 0 Å². The lowest BCUT2D eigenvalue weighted by molar-refractivity contribution is -0.604. The van der Waals surface area contributed by atoms with Gasteiger partial charge >= 0.3 is 18.0 Å². The topological polar surface area (TPSA) is 61.0 Å². The second kappa shape index (κ2) is 4.95. The summed E-state index contributed by atoms with van der Waals surface area (Å²) in [6.07, 6.45) is 3.86. The zero-order chi connectivity index (χ0) is 13.1. The lowest BCUT2D eigenvalue weighted by Gasteiger charge is -2.01. The highest BCUT2D eigenvalue weighted by Gasteiger charge is 2.18. The van der Waals surface area contributed by atoms with Crippen molar-refractivity contribution in [2.24, 2.45) is 0 Å². The Morgan fingerprint density at radius 1 is 0.889 bits per heavy atom. The third-order valence-corrected chi connectivity index (χ3v) is 2.32. The standard InChI is InChI=1S/C12H15N4O2/c1-8-5-9(2)7-16(6-8)10-13-11(17-3)15-12(14-10)18-4/h5-7H,1-4H3/q+1. The van der Waals surface area contributed by atoms with Crippen molar-refractivity contribution in [3.8, 4) is 18.0 Å². The molecule has 2 aromatic heterocycles. The van der Waals surface area contributed by atoms with Crippen LogP contribution in [0, 0.1) is 13.8 Å². The number of pyridine rings is 1. The van der Waals surface area contributed by atoms with Crippen molar-refractivity contribution in [2.45, 2.75) is 13.8 Å². The summed E-state index contributed by atoms with van der Waals surface area (Å²) in [5.41, 5.74) is 2.24. The smallest absolute Gasteiger partial charge is 0.447 e. The number of ether oxygens (including phenoxy) is 2. The van der Waals surface area contributed by atoms with Crippen LogP contribution >= 0.6 is 0 Å². The van der Waals surface area contributed by atoms with Gasteiger partial charge in [-0.1, -0.05) is 6.07 Å². The number of nitrogens with zero attached hydrogens (tertiary/aromatic N) is 4. The number of aromatic nitrogens is 4. The van der Waals surface area contributed by atoms with Gasteiger partial charge in [0, 0.05) is 0 Å². The third kappa shape index (κ3) is 2.53. The molecule has 0 aliphatic rings. The quantitative estimate of drug-likeness (QED) is 0.750. The summed E-state index contributed by atoms with van der Waals surface area (Å²) < 4.78 is 11.9. The summed E-state index contributed by atoms with van der Waals surface area (Å²) in [5.74, 6) is 0.463. The predicted molar refractivity (Wildman–Crippen MR) is 63.9 cm³/mol. The molecular weight excluding hydrogens is 232 g/mol. The molecule has 2 rings (SSSR count). The second-order valence-electron chi connectivity index (χ2n) is 3.91. The number of hydrogen-bond donors (Lipinski definition) is 0. The highest BCUT2D eigenvalue weighted by Crippen LogP contribution is 2.09. The first-order valence-electron chi connectivity index (χ1n) is 5.46. The molecule has 2 aromatic rings. The van der Waals surface area contributed by atoms with E-state index in [9.17, 15) is 0 Å². The first kappa shape index (κ1) is 12.2. The summed E-state index contributed by atoms with van der Waals surface area (Å²) >= 11 is 0. The maximum atomic E-state index is 5.02. The third-order valence-electron chi connectivity index (χ3n) is 2.32. The fourth-order valence-corrected chi connectivity index (χ4v) is 1.65. The summed E-state index contributed by atoms with van der Waals surface area (Å²) in [4.78, 5) is 12.3. The molecule has 0 saturated carbocycles. The van der Waals surface area contributed by atoms with Crippen LogP contribution in [0.15, 0.2) is 18.5 Å². The van der Waals surface area contributed by atoms with Gasteiger partial charge in [0.15, 0.2) is 0 Å². The summed E-state index contributed by atoms with van der Waals surface area (Å²) in [6, 6.07) is 2.53. The molecular formula is C12H15N4O2+. The molecule has 0 N–H and O–H groups in total. The summed E-state index contributed by atoms with van der Waals surface area (Å²) in [7, 11) is 3.01. The van der Waals surface area contributed by atoms with Gasteiger partial charge in [0.05, 0.1) is 26.6 Å². The lowest BCUT2D eigenvalue weighted by Crippen LogP contribution is -2.33. The van der Waals surface area contributed by atoms with Crippen LogP contribution in [-0.4, -0.2) is 29.2 Å². The molecule has 0 fully saturated rings. The van der Waals surface area contributed by atoms with Crippen molar-refractivity contribution in [2.75, 3.05) is 14.2 Å². The summed E-state index contributed by atoms with van der Waals surface area (Å²) in [6.45, 7) is 4.03. The maximum Gasteiger partial charge on any atom is 0.447 e. The first-order valence-corrected chi connectivity index (χ1v) is 5.46. The van der Waals surface area contributed by atoms with E-state index in [1.807, 2.05) is 30.8 Å². The Morgan fingerprint density at radius 2 is 1.39 bits per heavy atom. The predicted octanol–water partition coefficient (Wildman–Crippen LogP) is 0.782. The Hall–Kier alpha value is -2.24. The molecule has 0 atom stereocenters. The molecule has 0 aromatic carbocycles. The fraction of sp³-hybridized carbons (Fsp3) is 0.333. The van der Waals surface area contributed by atoms with Gasteiger partial charge in [-0.15, -0.1) is 4.98 Å². The largest absolute Gasteiger partial charge is 0.454 e. The van der Waals surface area contributed by atoms with Crippen LogP contribution in [0.3, 0.4) is 0 Å². The zero-order valence-corrected chi connectivity index (χ0v) is 10.8. The number of aryl methyl sites for hydroxylation is 2. The van der Waals surface area contributed by atoms with Crippen molar-refractivity contribution >= 4 is 0 Å². The molecule has 0 bridgehead atoms. The van der Waals surface area contributed by atoms with E-state index in [-0.39, 0.29) is 12.0 Å². The highest BCUT2D eigenvalue weighted by molar-refractivity contribution is 5.14. The number of methoxy groups -OCH3 is 2. The van der Waals surface area contributed by atoms with Crippen LogP contribution in [0.5, 0.6) is 12.0 Å². The average Bonchev–Trinajstić information content (AvgIpc) is 2.37. The average molecular weight is 247 g/mol. The highest BCUT2D eigenvalue weighted by atomic mass is 16.5. The molecule has 0 unspecified atom stereocenters. The van der Waals surface area contributed by atoms with Crippen LogP contribution in [0.25, 0.3) is 5.95 Å². The monoisotopic (exact) mass is 247 g/mol. The van der Waals surface area contributed by atoms with Gasteiger partial charge in [-0.2, -0.15) is 0 Å². The Balaban J connectivity index is 2.55.